The molecule has 3 aromatic rings. The van der Waals surface area contributed by atoms with Crippen molar-refractivity contribution in [3.8, 4) is 11.5 Å². The average molecular weight is 525 g/mol. The Bertz CT molecular complexity index is 1330. The SMILES string of the molecule is COc1ccc(Nc2ncc(Cl)c(Nc3ccc(N4CCC(O)CC4)c4c3C(=O)N(C)C4)n2)c(OC)c1. The fraction of sp³-hybridized carbons (Fsp3) is 0.346. The number of hydrogen-bond donors (Lipinski definition) is 3. The molecule has 3 N–H and O–H groups in total. The molecule has 2 aliphatic heterocycles. The lowest BCUT2D eigenvalue weighted by atomic mass is 10.0. The second kappa shape index (κ2) is 10.3. The highest BCUT2D eigenvalue weighted by Gasteiger charge is 2.32. The number of nitrogens with one attached hydrogen (secondary N) is 2. The number of anilines is 5. The largest absolute Gasteiger partial charge is 0.497 e. The molecule has 0 saturated carbocycles. The van der Waals surface area contributed by atoms with E-state index in [1.54, 1.807) is 38.3 Å². The number of ether oxygens (including phenoxy) is 2. The van der Waals surface area contributed by atoms with E-state index in [0.717, 1.165) is 24.3 Å². The molecule has 0 radical (unpaired) electrons. The Morgan fingerprint density at radius 1 is 1.08 bits per heavy atom. The zero-order valence-electron chi connectivity index (χ0n) is 20.9. The van der Waals surface area contributed by atoms with Crippen LogP contribution < -0.4 is 25.0 Å². The van der Waals surface area contributed by atoms with Crippen LogP contribution in [0.25, 0.3) is 0 Å². The molecule has 11 heteroatoms. The molecule has 10 nitrogen and oxygen atoms in total. The highest BCUT2D eigenvalue weighted by atomic mass is 35.5. The zero-order chi connectivity index (χ0) is 26.1. The Labute approximate surface area is 220 Å². The lowest BCUT2D eigenvalue weighted by Gasteiger charge is -2.33. The molecule has 0 bridgehead atoms. The third-order valence-electron chi connectivity index (χ3n) is 6.70. The van der Waals surface area contributed by atoms with Gasteiger partial charge in [-0.3, -0.25) is 4.79 Å². The van der Waals surface area contributed by atoms with Gasteiger partial charge in [-0.15, -0.1) is 0 Å². The normalized spacial score (nSPS) is 15.5. The van der Waals surface area contributed by atoms with Crippen LogP contribution in [0.4, 0.5) is 28.8 Å². The maximum absolute atomic E-state index is 13.1. The van der Waals surface area contributed by atoms with E-state index < -0.39 is 0 Å². The summed E-state index contributed by atoms with van der Waals surface area (Å²) in [4.78, 5) is 25.9. The number of aliphatic hydroxyl groups is 1. The first-order valence-electron chi connectivity index (χ1n) is 12.0. The van der Waals surface area contributed by atoms with Crippen LogP contribution in [0.2, 0.25) is 5.02 Å². The number of methoxy groups -OCH3 is 2. The third kappa shape index (κ3) is 4.94. The fourth-order valence-corrected chi connectivity index (χ4v) is 4.85. The number of carbonyl (C=O) groups is 1. The van der Waals surface area contributed by atoms with Crippen molar-refractivity contribution in [2.75, 3.05) is 49.9 Å². The first kappa shape index (κ1) is 24.9. The van der Waals surface area contributed by atoms with Gasteiger partial charge in [0.15, 0.2) is 5.82 Å². The molecule has 1 aromatic heterocycles. The molecule has 2 aliphatic rings. The van der Waals surface area contributed by atoms with Gasteiger partial charge < -0.3 is 35.0 Å². The number of benzene rings is 2. The zero-order valence-corrected chi connectivity index (χ0v) is 21.7. The van der Waals surface area contributed by atoms with Gasteiger partial charge in [0, 0.05) is 44.0 Å². The van der Waals surface area contributed by atoms with Gasteiger partial charge in [-0.2, -0.15) is 4.98 Å². The average Bonchev–Trinajstić information content (AvgIpc) is 3.21. The minimum Gasteiger partial charge on any atom is -0.497 e. The van der Waals surface area contributed by atoms with E-state index in [1.807, 2.05) is 18.2 Å². The smallest absolute Gasteiger partial charge is 0.256 e. The Morgan fingerprint density at radius 3 is 2.57 bits per heavy atom. The molecule has 194 valence electrons. The second-order valence-electron chi connectivity index (χ2n) is 9.07. The van der Waals surface area contributed by atoms with Crippen molar-refractivity contribution in [2.45, 2.75) is 25.5 Å². The van der Waals surface area contributed by atoms with Crippen LogP contribution in [0.1, 0.15) is 28.8 Å². The minimum atomic E-state index is -0.268. The first-order valence-corrected chi connectivity index (χ1v) is 12.4. The van der Waals surface area contributed by atoms with Gasteiger partial charge in [0.25, 0.3) is 5.91 Å². The molecule has 1 saturated heterocycles. The van der Waals surface area contributed by atoms with E-state index in [1.165, 1.54) is 6.20 Å². The standard InChI is InChI=1S/C26H29ClN6O4/c1-32-14-17-21(33-10-8-15(34)9-11-33)7-6-20(23(17)25(32)35)29-24-18(27)13-28-26(31-24)30-19-5-4-16(36-2)12-22(19)37-3/h4-7,12-13,15,34H,8-11,14H2,1-3H3,(H2,28,29,30,31). The minimum absolute atomic E-state index is 0.0668. The van der Waals surface area contributed by atoms with E-state index in [0.29, 0.717) is 64.6 Å². The van der Waals surface area contributed by atoms with Gasteiger partial charge in [0.1, 0.15) is 16.5 Å². The molecule has 0 spiro atoms. The molecular formula is C26H29ClN6O4. The van der Waals surface area contributed by atoms with Crippen molar-refractivity contribution in [1.82, 2.24) is 14.9 Å². The van der Waals surface area contributed by atoms with E-state index in [2.05, 4.69) is 25.5 Å². The number of hydrogen-bond acceptors (Lipinski definition) is 9. The Morgan fingerprint density at radius 2 is 1.84 bits per heavy atom. The Balaban J connectivity index is 1.45. The van der Waals surface area contributed by atoms with Crippen molar-refractivity contribution in [3.05, 3.63) is 52.7 Å². The van der Waals surface area contributed by atoms with Crippen molar-refractivity contribution >= 4 is 46.3 Å². The van der Waals surface area contributed by atoms with Gasteiger partial charge in [0.2, 0.25) is 5.95 Å². The molecule has 5 rings (SSSR count). The van der Waals surface area contributed by atoms with E-state index in [-0.39, 0.29) is 12.0 Å². The highest BCUT2D eigenvalue weighted by molar-refractivity contribution is 6.33. The molecule has 1 amide bonds. The highest BCUT2D eigenvalue weighted by Crippen LogP contribution is 2.39. The predicted octanol–water partition coefficient (Wildman–Crippen LogP) is 4.18. The molecule has 1 fully saturated rings. The monoisotopic (exact) mass is 524 g/mol. The summed E-state index contributed by atoms with van der Waals surface area (Å²) in [5.74, 6) is 1.83. The topological polar surface area (TPSA) is 112 Å². The van der Waals surface area contributed by atoms with Gasteiger partial charge in [-0.25, -0.2) is 4.98 Å². The number of fused-ring (bicyclic) bond motifs is 1. The summed E-state index contributed by atoms with van der Waals surface area (Å²) in [6.45, 7) is 2.01. The Hall–Kier alpha value is -3.76. The number of aromatic nitrogens is 2. The number of piperidine rings is 1. The van der Waals surface area contributed by atoms with Gasteiger partial charge in [-0.05, 0) is 37.1 Å². The molecule has 0 atom stereocenters. The quantitative estimate of drug-likeness (QED) is 0.419. The predicted molar refractivity (Wildman–Crippen MR) is 143 cm³/mol. The molecule has 0 aliphatic carbocycles. The summed E-state index contributed by atoms with van der Waals surface area (Å²) in [7, 11) is 4.95. The fourth-order valence-electron chi connectivity index (χ4n) is 4.71. The number of amides is 1. The van der Waals surface area contributed by atoms with E-state index >= 15 is 0 Å². The van der Waals surface area contributed by atoms with Crippen LogP contribution >= 0.6 is 11.6 Å². The summed E-state index contributed by atoms with van der Waals surface area (Å²) in [6, 6.07) is 9.27. The van der Waals surface area contributed by atoms with Crippen molar-refractivity contribution in [1.29, 1.82) is 0 Å². The van der Waals surface area contributed by atoms with Gasteiger partial charge in [-0.1, -0.05) is 11.6 Å². The number of rotatable bonds is 7. The first-order chi connectivity index (χ1) is 17.9. The Kier molecular flexibility index (Phi) is 6.94. The number of halogens is 1. The molecule has 2 aromatic carbocycles. The maximum Gasteiger partial charge on any atom is 0.256 e. The van der Waals surface area contributed by atoms with Crippen molar-refractivity contribution in [2.24, 2.45) is 0 Å². The second-order valence-corrected chi connectivity index (χ2v) is 9.48. The van der Waals surface area contributed by atoms with E-state index in [4.69, 9.17) is 21.1 Å². The lowest BCUT2D eigenvalue weighted by Crippen LogP contribution is -2.36. The molecule has 0 unspecified atom stereocenters. The van der Waals surface area contributed by atoms with Crippen molar-refractivity contribution in [3.63, 3.8) is 0 Å². The number of aliphatic hydroxyl groups excluding tert-OH is 1. The lowest BCUT2D eigenvalue weighted by molar-refractivity contribution is 0.0817. The van der Waals surface area contributed by atoms with Crippen molar-refractivity contribution < 1.29 is 19.4 Å². The third-order valence-corrected chi connectivity index (χ3v) is 6.98. The van der Waals surface area contributed by atoms with Crippen LogP contribution in [0.15, 0.2) is 36.5 Å². The van der Waals surface area contributed by atoms with E-state index in [9.17, 15) is 9.90 Å². The summed E-state index contributed by atoms with van der Waals surface area (Å²) >= 11 is 6.45. The molecule has 3 heterocycles. The number of nitrogens with zero attached hydrogens (tertiary/aromatic N) is 4. The summed E-state index contributed by atoms with van der Waals surface area (Å²) < 4.78 is 10.7. The van der Waals surface area contributed by atoms with Gasteiger partial charge in [0.05, 0.1) is 43.5 Å². The summed E-state index contributed by atoms with van der Waals surface area (Å²) in [6.07, 6.45) is 2.65. The number of carbonyl (C=O) groups excluding carboxylic acids is 1. The summed E-state index contributed by atoms with van der Waals surface area (Å²) in [5.41, 5.74) is 3.87. The van der Waals surface area contributed by atoms with Crippen LogP contribution in [-0.4, -0.2) is 66.3 Å². The van der Waals surface area contributed by atoms with Crippen LogP contribution in [-0.2, 0) is 6.54 Å². The van der Waals surface area contributed by atoms with Crippen LogP contribution in [0, 0.1) is 0 Å². The van der Waals surface area contributed by atoms with Crippen LogP contribution in [0.3, 0.4) is 0 Å². The molecular weight excluding hydrogens is 496 g/mol. The molecule has 37 heavy (non-hydrogen) atoms. The summed E-state index contributed by atoms with van der Waals surface area (Å²) in [5, 5.41) is 16.6. The maximum atomic E-state index is 13.1. The van der Waals surface area contributed by atoms with Crippen LogP contribution in [0.5, 0.6) is 11.5 Å². The van der Waals surface area contributed by atoms with Gasteiger partial charge >= 0.3 is 0 Å².